The lowest BCUT2D eigenvalue weighted by atomic mass is 10.1. The van der Waals surface area contributed by atoms with Crippen LogP contribution in [0, 0.1) is 0 Å². The predicted molar refractivity (Wildman–Crippen MR) is 88.8 cm³/mol. The molecular weight excluding hydrogens is 314 g/mol. The van der Waals surface area contributed by atoms with Gasteiger partial charge in [0.05, 0.1) is 6.04 Å². The first-order valence-electron chi connectivity index (χ1n) is 7.09. The van der Waals surface area contributed by atoms with Crippen molar-refractivity contribution in [2.24, 2.45) is 0 Å². The third-order valence-electron chi connectivity index (χ3n) is 3.58. The minimum Gasteiger partial charge on any atom is -0.345 e. The molecule has 0 aliphatic heterocycles. The number of hydrogen-bond acceptors (Lipinski definition) is 3. The van der Waals surface area contributed by atoms with Crippen LogP contribution in [0.2, 0.25) is 5.02 Å². The van der Waals surface area contributed by atoms with Crippen LogP contribution in [0.1, 0.15) is 28.9 Å². The number of carbonyl (C=O) groups excluding carboxylic acids is 1. The number of amides is 1. The molecule has 1 amide bonds. The van der Waals surface area contributed by atoms with Crippen LogP contribution in [0.4, 0.5) is 0 Å². The van der Waals surface area contributed by atoms with Crippen LogP contribution < -0.4 is 10.9 Å². The molecule has 1 aromatic carbocycles. The highest BCUT2D eigenvalue weighted by Gasteiger charge is 2.17. The van der Waals surface area contributed by atoms with E-state index in [4.69, 9.17) is 11.6 Å². The Balaban J connectivity index is 1.91. The van der Waals surface area contributed by atoms with Crippen molar-refractivity contribution in [3.63, 3.8) is 0 Å². The molecule has 0 fully saturated rings. The standard InChI is InChI=1S/C17H14ClN3O2/c1-11(12-6-2-3-7-14(12)18)20-16(22)13-10-19-15-8-4-5-9-21(15)17(13)23/h2-11H,1H3,(H,20,22)/t11-/m1/s1. The van der Waals surface area contributed by atoms with Crippen molar-refractivity contribution in [2.75, 3.05) is 0 Å². The zero-order chi connectivity index (χ0) is 16.4. The van der Waals surface area contributed by atoms with Crippen molar-refractivity contribution >= 4 is 23.2 Å². The number of aromatic nitrogens is 2. The molecule has 0 aliphatic rings. The van der Waals surface area contributed by atoms with E-state index in [9.17, 15) is 9.59 Å². The lowest BCUT2D eigenvalue weighted by Crippen LogP contribution is -2.33. The second-order valence-electron chi connectivity index (χ2n) is 5.12. The van der Waals surface area contributed by atoms with Gasteiger partial charge in [0.25, 0.3) is 11.5 Å². The zero-order valence-corrected chi connectivity index (χ0v) is 13.1. The molecule has 0 saturated carbocycles. The Hall–Kier alpha value is -2.66. The summed E-state index contributed by atoms with van der Waals surface area (Å²) in [5, 5.41) is 3.35. The third kappa shape index (κ3) is 2.96. The van der Waals surface area contributed by atoms with Gasteiger partial charge in [0.15, 0.2) is 0 Å². The Morgan fingerprint density at radius 2 is 1.96 bits per heavy atom. The number of halogens is 1. The van der Waals surface area contributed by atoms with Gasteiger partial charge in [-0.05, 0) is 30.7 Å². The lowest BCUT2D eigenvalue weighted by Gasteiger charge is -2.15. The average Bonchev–Trinajstić information content (AvgIpc) is 2.55. The topological polar surface area (TPSA) is 63.5 Å². The molecular formula is C17H14ClN3O2. The van der Waals surface area contributed by atoms with Gasteiger partial charge in [-0.25, -0.2) is 4.98 Å². The van der Waals surface area contributed by atoms with E-state index in [0.717, 1.165) is 5.56 Å². The van der Waals surface area contributed by atoms with Gasteiger partial charge < -0.3 is 5.32 Å². The molecule has 0 saturated heterocycles. The van der Waals surface area contributed by atoms with Gasteiger partial charge >= 0.3 is 0 Å². The average molecular weight is 328 g/mol. The Morgan fingerprint density at radius 1 is 1.22 bits per heavy atom. The minimum absolute atomic E-state index is 0.00685. The predicted octanol–water partition coefficient (Wildman–Crippen LogP) is 2.84. The van der Waals surface area contributed by atoms with Crippen LogP contribution in [0.5, 0.6) is 0 Å². The van der Waals surface area contributed by atoms with Crippen molar-refractivity contribution in [3.8, 4) is 0 Å². The van der Waals surface area contributed by atoms with Crippen LogP contribution >= 0.6 is 11.6 Å². The number of rotatable bonds is 3. The molecule has 3 aromatic rings. The molecule has 5 nitrogen and oxygen atoms in total. The molecule has 3 rings (SSSR count). The molecule has 0 radical (unpaired) electrons. The zero-order valence-electron chi connectivity index (χ0n) is 12.4. The van der Waals surface area contributed by atoms with E-state index in [0.29, 0.717) is 10.7 Å². The van der Waals surface area contributed by atoms with E-state index >= 15 is 0 Å². The normalized spacial score (nSPS) is 12.1. The van der Waals surface area contributed by atoms with E-state index in [1.165, 1.54) is 10.6 Å². The molecule has 0 aliphatic carbocycles. The molecule has 0 bridgehead atoms. The number of benzene rings is 1. The number of hydrogen-bond donors (Lipinski definition) is 1. The molecule has 116 valence electrons. The summed E-state index contributed by atoms with van der Waals surface area (Å²) in [5.41, 5.74) is 0.872. The van der Waals surface area contributed by atoms with Gasteiger partial charge in [0.1, 0.15) is 11.2 Å². The van der Waals surface area contributed by atoms with E-state index in [2.05, 4.69) is 10.3 Å². The maximum atomic E-state index is 12.4. The van der Waals surface area contributed by atoms with Gasteiger partial charge in [-0.1, -0.05) is 35.9 Å². The van der Waals surface area contributed by atoms with Gasteiger partial charge in [-0.3, -0.25) is 14.0 Å². The summed E-state index contributed by atoms with van der Waals surface area (Å²) in [7, 11) is 0. The second-order valence-corrected chi connectivity index (χ2v) is 5.53. The number of fused-ring (bicyclic) bond motifs is 1. The second kappa shape index (κ2) is 6.22. The van der Waals surface area contributed by atoms with Gasteiger partial charge in [-0.15, -0.1) is 0 Å². The summed E-state index contributed by atoms with van der Waals surface area (Å²) in [6.07, 6.45) is 2.88. The van der Waals surface area contributed by atoms with E-state index in [1.807, 2.05) is 25.1 Å². The van der Waals surface area contributed by atoms with Gasteiger partial charge in [0, 0.05) is 17.4 Å². The van der Waals surface area contributed by atoms with Crippen LogP contribution in [0.25, 0.3) is 5.65 Å². The minimum atomic E-state index is -0.479. The first-order valence-corrected chi connectivity index (χ1v) is 7.47. The van der Waals surface area contributed by atoms with Crippen molar-refractivity contribution in [3.05, 3.63) is 81.4 Å². The number of nitrogens with one attached hydrogen (secondary N) is 1. The van der Waals surface area contributed by atoms with Crippen molar-refractivity contribution in [1.29, 1.82) is 0 Å². The first-order chi connectivity index (χ1) is 11.1. The highest BCUT2D eigenvalue weighted by Crippen LogP contribution is 2.22. The molecule has 2 heterocycles. The first kappa shape index (κ1) is 15.2. The van der Waals surface area contributed by atoms with E-state index < -0.39 is 11.5 Å². The van der Waals surface area contributed by atoms with Crippen molar-refractivity contribution in [1.82, 2.24) is 14.7 Å². The summed E-state index contributed by atoms with van der Waals surface area (Å²) in [4.78, 5) is 28.9. The van der Waals surface area contributed by atoms with Crippen LogP contribution in [-0.4, -0.2) is 15.3 Å². The summed E-state index contributed by atoms with van der Waals surface area (Å²) in [6, 6.07) is 12.1. The fourth-order valence-electron chi connectivity index (χ4n) is 2.36. The fourth-order valence-corrected chi connectivity index (χ4v) is 2.66. The maximum Gasteiger partial charge on any atom is 0.270 e. The Kier molecular flexibility index (Phi) is 4.12. The monoisotopic (exact) mass is 327 g/mol. The van der Waals surface area contributed by atoms with E-state index in [-0.39, 0.29) is 11.6 Å². The largest absolute Gasteiger partial charge is 0.345 e. The Bertz CT molecular complexity index is 936. The quantitative estimate of drug-likeness (QED) is 0.804. The van der Waals surface area contributed by atoms with Crippen molar-refractivity contribution < 1.29 is 4.79 Å². The van der Waals surface area contributed by atoms with Crippen LogP contribution in [0.15, 0.2) is 59.7 Å². The van der Waals surface area contributed by atoms with Crippen molar-refractivity contribution in [2.45, 2.75) is 13.0 Å². The third-order valence-corrected chi connectivity index (χ3v) is 3.92. The highest BCUT2D eigenvalue weighted by molar-refractivity contribution is 6.31. The summed E-state index contributed by atoms with van der Waals surface area (Å²) in [5.74, 6) is -0.479. The summed E-state index contributed by atoms with van der Waals surface area (Å²) >= 11 is 6.13. The highest BCUT2D eigenvalue weighted by atomic mass is 35.5. The number of carbonyl (C=O) groups is 1. The maximum absolute atomic E-state index is 12.4. The Morgan fingerprint density at radius 3 is 2.74 bits per heavy atom. The molecule has 0 unspecified atom stereocenters. The van der Waals surface area contributed by atoms with Crippen LogP contribution in [0.3, 0.4) is 0 Å². The number of pyridine rings is 1. The molecule has 6 heteroatoms. The summed E-state index contributed by atoms with van der Waals surface area (Å²) < 4.78 is 1.34. The SMILES string of the molecule is C[C@@H](NC(=O)c1cnc2ccccn2c1=O)c1ccccc1Cl. The molecule has 1 N–H and O–H groups in total. The summed E-state index contributed by atoms with van der Waals surface area (Å²) in [6.45, 7) is 1.81. The molecule has 1 atom stereocenters. The Labute approximate surface area is 137 Å². The van der Waals surface area contributed by atoms with Gasteiger partial charge in [0.2, 0.25) is 0 Å². The molecule has 23 heavy (non-hydrogen) atoms. The number of nitrogens with zero attached hydrogens (tertiary/aromatic N) is 2. The molecule has 2 aromatic heterocycles. The van der Waals surface area contributed by atoms with Crippen LogP contribution in [-0.2, 0) is 0 Å². The molecule has 0 spiro atoms. The van der Waals surface area contributed by atoms with E-state index in [1.54, 1.807) is 30.5 Å². The lowest BCUT2D eigenvalue weighted by molar-refractivity contribution is 0.0938. The smallest absolute Gasteiger partial charge is 0.270 e. The fraction of sp³-hybridized carbons (Fsp3) is 0.118. The van der Waals surface area contributed by atoms with Gasteiger partial charge in [-0.2, -0.15) is 0 Å².